The fraction of sp³-hybridized carbons (Fsp3) is 0.174. The molecule has 1 atom stereocenters. The molecular weight excluding hydrogens is 459 g/mol. The SMILES string of the molecule is CS(=O)(=O)c1cccc([C@H](CO)NC(=O)c2cc(C(F)(F)F)ccc2Oc2ccccc2)c1. The van der Waals surface area contributed by atoms with Gasteiger partial charge >= 0.3 is 6.18 Å². The number of carbonyl (C=O) groups excluding carboxylic acids is 1. The normalized spacial score (nSPS) is 12.8. The van der Waals surface area contributed by atoms with Gasteiger partial charge < -0.3 is 15.2 Å². The van der Waals surface area contributed by atoms with E-state index >= 15 is 0 Å². The van der Waals surface area contributed by atoms with Crippen LogP contribution >= 0.6 is 0 Å². The van der Waals surface area contributed by atoms with Crippen LogP contribution in [0.25, 0.3) is 0 Å². The maximum atomic E-state index is 13.3. The summed E-state index contributed by atoms with van der Waals surface area (Å²) in [6, 6.07) is 15.2. The van der Waals surface area contributed by atoms with Crippen molar-refractivity contribution in [1.29, 1.82) is 0 Å². The molecule has 3 aromatic carbocycles. The molecule has 3 rings (SSSR count). The average Bonchev–Trinajstić information content (AvgIpc) is 2.77. The lowest BCUT2D eigenvalue weighted by atomic mass is 10.1. The van der Waals surface area contributed by atoms with Crippen LogP contribution in [0, 0.1) is 0 Å². The van der Waals surface area contributed by atoms with Gasteiger partial charge in [-0.3, -0.25) is 4.79 Å². The molecular formula is C23H20F3NO5S. The summed E-state index contributed by atoms with van der Waals surface area (Å²) in [6.45, 7) is -0.618. The van der Waals surface area contributed by atoms with E-state index in [2.05, 4.69) is 5.32 Å². The molecule has 0 saturated carbocycles. The Kier molecular flexibility index (Phi) is 7.09. The van der Waals surface area contributed by atoms with Crippen molar-refractivity contribution >= 4 is 15.7 Å². The third-order valence-electron chi connectivity index (χ3n) is 4.70. The van der Waals surface area contributed by atoms with Crippen molar-refractivity contribution in [2.24, 2.45) is 0 Å². The Balaban J connectivity index is 1.97. The molecule has 3 aromatic rings. The molecule has 0 bridgehead atoms. The van der Waals surface area contributed by atoms with Gasteiger partial charge in [0.05, 0.1) is 28.7 Å². The predicted molar refractivity (Wildman–Crippen MR) is 115 cm³/mol. The number of aliphatic hydroxyl groups is 1. The second kappa shape index (κ2) is 9.63. The van der Waals surface area contributed by atoms with Gasteiger partial charge in [-0.15, -0.1) is 0 Å². The smallest absolute Gasteiger partial charge is 0.416 e. The zero-order chi connectivity index (χ0) is 24.2. The molecule has 0 unspecified atom stereocenters. The first-order valence-corrected chi connectivity index (χ1v) is 11.5. The monoisotopic (exact) mass is 479 g/mol. The highest BCUT2D eigenvalue weighted by Crippen LogP contribution is 2.34. The van der Waals surface area contributed by atoms with Crippen molar-refractivity contribution in [3.05, 3.63) is 89.5 Å². The maximum absolute atomic E-state index is 13.3. The zero-order valence-electron chi connectivity index (χ0n) is 17.3. The number of para-hydroxylation sites is 1. The quantitative estimate of drug-likeness (QED) is 0.525. The molecule has 6 nitrogen and oxygen atoms in total. The van der Waals surface area contributed by atoms with Crippen LogP contribution in [0.2, 0.25) is 0 Å². The summed E-state index contributed by atoms with van der Waals surface area (Å²) in [4.78, 5) is 12.9. The largest absolute Gasteiger partial charge is 0.457 e. The molecule has 0 saturated heterocycles. The van der Waals surface area contributed by atoms with Gasteiger partial charge in [0.2, 0.25) is 0 Å². The summed E-state index contributed by atoms with van der Waals surface area (Å²) in [5, 5.41) is 12.2. The Morgan fingerprint density at radius 2 is 1.73 bits per heavy atom. The second-order valence-corrected chi connectivity index (χ2v) is 9.19. The predicted octanol–water partition coefficient (Wildman–Crippen LogP) is 4.36. The maximum Gasteiger partial charge on any atom is 0.416 e. The fourth-order valence-electron chi connectivity index (χ4n) is 3.02. The van der Waals surface area contributed by atoms with Crippen molar-refractivity contribution in [2.75, 3.05) is 12.9 Å². The van der Waals surface area contributed by atoms with E-state index in [0.29, 0.717) is 11.8 Å². The lowest BCUT2D eigenvalue weighted by Crippen LogP contribution is -2.31. The molecule has 0 radical (unpaired) electrons. The molecule has 0 aromatic heterocycles. The van der Waals surface area contributed by atoms with Gasteiger partial charge in [-0.2, -0.15) is 13.2 Å². The average molecular weight is 479 g/mol. The summed E-state index contributed by atoms with van der Waals surface area (Å²) < 4.78 is 69.1. The van der Waals surface area contributed by atoms with Gasteiger partial charge in [0.25, 0.3) is 5.91 Å². The first-order chi connectivity index (χ1) is 15.5. The van der Waals surface area contributed by atoms with Crippen LogP contribution < -0.4 is 10.1 Å². The van der Waals surface area contributed by atoms with E-state index in [1.54, 1.807) is 30.3 Å². The van der Waals surface area contributed by atoms with Crippen molar-refractivity contribution in [2.45, 2.75) is 17.1 Å². The Labute approximate surface area is 188 Å². The molecule has 0 heterocycles. The van der Waals surface area contributed by atoms with Gasteiger partial charge in [-0.25, -0.2) is 8.42 Å². The minimum atomic E-state index is -4.69. The lowest BCUT2D eigenvalue weighted by molar-refractivity contribution is -0.137. The van der Waals surface area contributed by atoms with Crippen LogP contribution in [0.4, 0.5) is 13.2 Å². The van der Waals surface area contributed by atoms with Crippen LogP contribution in [-0.2, 0) is 16.0 Å². The number of rotatable bonds is 7. The number of ether oxygens (including phenoxy) is 1. The van der Waals surface area contributed by atoms with E-state index < -0.39 is 45.7 Å². The van der Waals surface area contributed by atoms with E-state index in [1.807, 2.05) is 0 Å². The highest BCUT2D eigenvalue weighted by molar-refractivity contribution is 7.90. The number of halogens is 3. The minimum absolute atomic E-state index is 0.0279. The molecule has 10 heteroatoms. The van der Waals surface area contributed by atoms with Crippen LogP contribution in [0.15, 0.2) is 77.7 Å². The van der Waals surface area contributed by atoms with Crippen molar-refractivity contribution in [3.63, 3.8) is 0 Å². The Morgan fingerprint density at radius 3 is 2.33 bits per heavy atom. The van der Waals surface area contributed by atoms with Crippen molar-refractivity contribution in [3.8, 4) is 11.5 Å². The number of hydrogen-bond acceptors (Lipinski definition) is 5. The Bertz CT molecular complexity index is 1240. The van der Waals surface area contributed by atoms with Gasteiger partial charge in [0, 0.05) is 6.26 Å². The molecule has 0 spiro atoms. The first kappa shape index (κ1) is 24.3. The molecule has 0 aliphatic rings. The topological polar surface area (TPSA) is 92.7 Å². The summed E-state index contributed by atoms with van der Waals surface area (Å²) in [6.07, 6.45) is -3.69. The number of nitrogens with one attached hydrogen (secondary N) is 1. The van der Waals surface area contributed by atoms with E-state index in [1.165, 1.54) is 24.3 Å². The van der Waals surface area contributed by atoms with Crippen molar-refractivity contribution in [1.82, 2.24) is 5.32 Å². The van der Waals surface area contributed by atoms with Gasteiger partial charge in [-0.05, 0) is 48.0 Å². The number of hydrogen-bond donors (Lipinski definition) is 2. The highest BCUT2D eigenvalue weighted by atomic mass is 32.2. The van der Waals surface area contributed by atoms with Crippen LogP contribution in [0.3, 0.4) is 0 Å². The van der Waals surface area contributed by atoms with Crippen LogP contribution in [-0.4, -0.2) is 32.3 Å². The molecule has 2 N–H and O–H groups in total. The molecule has 174 valence electrons. The highest BCUT2D eigenvalue weighted by Gasteiger charge is 2.32. The van der Waals surface area contributed by atoms with E-state index in [4.69, 9.17) is 4.74 Å². The first-order valence-electron chi connectivity index (χ1n) is 9.65. The van der Waals surface area contributed by atoms with Gasteiger partial charge in [0.1, 0.15) is 11.5 Å². The van der Waals surface area contributed by atoms with Crippen LogP contribution in [0.5, 0.6) is 11.5 Å². The second-order valence-electron chi connectivity index (χ2n) is 7.18. The third-order valence-corrected chi connectivity index (χ3v) is 5.81. The van der Waals surface area contributed by atoms with Gasteiger partial charge in [-0.1, -0.05) is 30.3 Å². The van der Waals surface area contributed by atoms with E-state index in [0.717, 1.165) is 18.4 Å². The zero-order valence-corrected chi connectivity index (χ0v) is 18.2. The summed E-state index contributed by atoms with van der Waals surface area (Å²) >= 11 is 0. The summed E-state index contributed by atoms with van der Waals surface area (Å²) in [7, 11) is -3.55. The Hall–Kier alpha value is -3.37. The lowest BCUT2D eigenvalue weighted by Gasteiger charge is -2.19. The molecule has 1 amide bonds. The van der Waals surface area contributed by atoms with E-state index in [9.17, 15) is 31.5 Å². The third kappa shape index (κ3) is 6.11. The number of carbonyl (C=O) groups is 1. The summed E-state index contributed by atoms with van der Waals surface area (Å²) in [5.41, 5.74) is -1.18. The molecule has 33 heavy (non-hydrogen) atoms. The number of benzene rings is 3. The van der Waals surface area contributed by atoms with Crippen molar-refractivity contribution < 1.29 is 36.2 Å². The number of sulfone groups is 1. The summed E-state index contributed by atoms with van der Waals surface area (Å²) in [5.74, 6) is -0.741. The molecule has 0 aliphatic carbocycles. The van der Waals surface area contributed by atoms with Gasteiger partial charge in [0.15, 0.2) is 9.84 Å². The van der Waals surface area contributed by atoms with Crippen LogP contribution in [0.1, 0.15) is 27.5 Å². The fourth-order valence-corrected chi connectivity index (χ4v) is 3.70. The number of amides is 1. The molecule has 0 fully saturated rings. The standard InChI is InChI=1S/C23H20F3NO5S/c1-33(30,31)18-9-5-6-15(12-18)20(14-28)27-22(29)19-13-16(23(24,25)26)10-11-21(19)32-17-7-3-2-4-8-17/h2-13,20,28H,14H2,1H3,(H,27,29)/t20-/m0/s1. The minimum Gasteiger partial charge on any atom is -0.457 e. The van der Waals surface area contributed by atoms with E-state index in [-0.39, 0.29) is 16.2 Å². The number of alkyl halides is 3. The Morgan fingerprint density at radius 1 is 1.03 bits per heavy atom. The number of aliphatic hydroxyl groups excluding tert-OH is 1. The molecule has 0 aliphatic heterocycles.